The maximum atomic E-state index is 12.3. The van der Waals surface area contributed by atoms with Gasteiger partial charge in [0, 0.05) is 0 Å². The molecule has 0 spiro atoms. The number of hydrogen-bond donors (Lipinski definition) is 0. The van der Waals surface area contributed by atoms with Crippen LogP contribution in [0.5, 0.6) is 5.75 Å². The minimum atomic E-state index is -3.83. The van der Waals surface area contributed by atoms with E-state index in [1.54, 1.807) is 36.4 Å². The topological polar surface area (TPSA) is 69.7 Å². The Morgan fingerprint density at radius 2 is 1.79 bits per heavy atom. The van der Waals surface area contributed by atoms with E-state index in [-0.39, 0.29) is 17.4 Å². The van der Waals surface area contributed by atoms with E-state index in [1.165, 1.54) is 13.2 Å². The van der Waals surface area contributed by atoms with Crippen molar-refractivity contribution >= 4 is 16.1 Å². The SMILES string of the molecule is COC(=O)c1cccc(CS(=O)(=O)Oc2cccc(C(C)C)c2)c1. The fourth-order valence-electron chi connectivity index (χ4n) is 2.21. The average molecular weight is 348 g/mol. The Balaban J connectivity index is 2.17. The molecule has 2 rings (SSSR count). The van der Waals surface area contributed by atoms with E-state index in [9.17, 15) is 13.2 Å². The summed E-state index contributed by atoms with van der Waals surface area (Å²) in [5, 5.41) is 0. The van der Waals surface area contributed by atoms with Gasteiger partial charge in [-0.2, -0.15) is 8.42 Å². The molecule has 0 aliphatic heterocycles. The minimum absolute atomic E-state index is 0.271. The van der Waals surface area contributed by atoms with Crippen LogP contribution >= 0.6 is 0 Å². The Morgan fingerprint density at radius 3 is 2.46 bits per heavy atom. The first-order valence-electron chi connectivity index (χ1n) is 7.50. The standard InChI is InChI=1S/C18H20O5S/c1-13(2)15-7-5-9-17(11-15)23-24(20,21)12-14-6-4-8-16(10-14)18(19)22-3/h4-11,13H,12H2,1-3H3. The van der Waals surface area contributed by atoms with Crippen molar-refractivity contribution in [1.29, 1.82) is 0 Å². The summed E-state index contributed by atoms with van der Waals surface area (Å²) in [6, 6.07) is 13.3. The van der Waals surface area contributed by atoms with Crippen LogP contribution in [0.1, 0.15) is 41.3 Å². The molecule has 0 aliphatic carbocycles. The number of esters is 1. The van der Waals surface area contributed by atoms with Gasteiger partial charge in [0.05, 0.1) is 12.7 Å². The summed E-state index contributed by atoms with van der Waals surface area (Å²) in [5.41, 5.74) is 1.75. The molecule has 2 aromatic rings. The van der Waals surface area contributed by atoms with Gasteiger partial charge < -0.3 is 8.92 Å². The summed E-state index contributed by atoms with van der Waals surface area (Å²) in [5.74, 6) is -0.290. The molecule has 128 valence electrons. The van der Waals surface area contributed by atoms with Crippen molar-refractivity contribution in [3.63, 3.8) is 0 Å². The normalized spacial score (nSPS) is 11.3. The van der Waals surface area contributed by atoms with Crippen molar-refractivity contribution in [3.8, 4) is 5.75 Å². The first-order valence-corrected chi connectivity index (χ1v) is 9.08. The number of hydrogen-bond acceptors (Lipinski definition) is 5. The van der Waals surface area contributed by atoms with E-state index >= 15 is 0 Å². The van der Waals surface area contributed by atoms with Gasteiger partial charge in [-0.15, -0.1) is 0 Å². The molecule has 0 heterocycles. The zero-order chi connectivity index (χ0) is 17.7. The quantitative estimate of drug-likeness (QED) is 0.590. The molecule has 0 radical (unpaired) electrons. The highest BCUT2D eigenvalue weighted by Gasteiger charge is 2.16. The lowest BCUT2D eigenvalue weighted by molar-refractivity contribution is 0.0600. The molecule has 0 bridgehead atoms. The largest absolute Gasteiger partial charge is 0.465 e. The van der Waals surface area contributed by atoms with Crippen LogP contribution in [0.25, 0.3) is 0 Å². The van der Waals surface area contributed by atoms with Gasteiger partial charge in [-0.3, -0.25) is 0 Å². The molecular weight excluding hydrogens is 328 g/mol. The van der Waals surface area contributed by atoms with E-state index in [0.29, 0.717) is 11.1 Å². The fourth-order valence-corrected chi connectivity index (χ4v) is 3.26. The van der Waals surface area contributed by atoms with Crippen LogP contribution < -0.4 is 4.18 Å². The van der Waals surface area contributed by atoms with Crippen molar-refractivity contribution < 1.29 is 22.1 Å². The highest BCUT2D eigenvalue weighted by Crippen LogP contribution is 2.22. The second-order valence-corrected chi connectivity index (χ2v) is 7.28. The second-order valence-electron chi connectivity index (χ2n) is 5.70. The lowest BCUT2D eigenvalue weighted by Gasteiger charge is -2.10. The number of carbonyl (C=O) groups excluding carboxylic acids is 1. The molecule has 0 saturated carbocycles. The maximum Gasteiger partial charge on any atom is 0.337 e. The van der Waals surface area contributed by atoms with Crippen molar-refractivity contribution in [2.45, 2.75) is 25.5 Å². The molecule has 2 aromatic carbocycles. The Bertz CT molecular complexity index is 825. The van der Waals surface area contributed by atoms with Crippen molar-refractivity contribution in [1.82, 2.24) is 0 Å². The third-order valence-electron chi connectivity index (χ3n) is 3.44. The first kappa shape index (κ1) is 18.0. The number of benzene rings is 2. The van der Waals surface area contributed by atoms with E-state index in [4.69, 9.17) is 4.18 Å². The van der Waals surface area contributed by atoms with Gasteiger partial charge in [-0.1, -0.05) is 38.1 Å². The Morgan fingerprint density at radius 1 is 1.08 bits per heavy atom. The lowest BCUT2D eigenvalue weighted by atomic mass is 10.0. The third kappa shape index (κ3) is 4.83. The predicted octanol–water partition coefficient (Wildman–Crippen LogP) is 3.51. The van der Waals surface area contributed by atoms with Crippen LogP contribution in [0.15, 0.2) is 48.5 Å². The van der Waals surface area contributed by atoms with Gasteiger partial charge in [0.25, 0.3) is 0 Å². The Labute approximate surface area is 142 Å². The highest BCUT2D eigenvalue weighted by atomic mass is 32.2. The molecule has 0 N–H and O–H groups in total. The molecule has 0 aliphatic rings. The number of rotatable bonds is 6. The summed E-state index contributed by atoms with van der Waals surface area (Å²) in [7, 11) is -2.56. The summed E-state index contributed by atoms with van der Waals surface area (Å²) < 4.78 is 34.3. The first-order chi connectivity index (χ1) is 11.3. The van der Waals surface area contributed by atoms with Gasteiger partial charge in [0.15, 0.2) is 0 Å². The lowest BCUT2D eigenvalue weighted by Crippen LogP contribution is -2.13. The molecule has 6 heteroatoms. The van der Waals surface area contributed by atoms with Crippen LogP contribution in [-0.2, 0) is 20.6 Å². The Hall–Kier alpha value is -2.34. The molecule has 0 atom stereocenters. The van der Waals surface area contributed by atoms with Crippen molar-refractivity contribution in [2.75, 3.05) is 7.11 Å². The van der Waals surface area contributed by atoms with Gasteiger partial charge in [-0.25, -0.2) is 4.79 Å². The smallest absolute Gasteiger partial charge is 0.337 e. The Kier molecular flexibility index (Phi) is 5.62. The van der Waals surface area contributed by atoms with Crippen LogP contribution in [0, 0.1) is 0 Å². The van der Waals surface area contributed by atoms with Gasteiger partial charge >= 0.3 is 16.1 Å². The molecular formula is C18H20O5S. The number of carbonyl (C=O) groups is 1. The maximum absolute atomic E-state index is 12.3. The van der Waals surface area contributed by atoms with Gasteiger partial charge in [-0.05, 0) is 41.3 Å². The average Bonchev–Trinajstić information content (AvgIpc) is 2.53. The molecule has 0 amide bonds. The molecule has 24 heavy (non-hydrogen) atoms. The monoisotopic (exact) mass is 348 g/mol. The minimum Gasteiger partial charge on any atom is -0.465 e. The highest BCUT2D eigenvalue weighted by molar-refractivity contribution is 7.86. The van der Waals surface area contributed by atoms with Crippen LogP contribution in [0.3, 0.4) is 0 Å². The summed E-state index contributed by atoms with van der Waals surface area (Å²) in [4.78, 5) is 11.5. The van der Waals surface area contributed by atoms with E-state index < -0.39 is 16.1 Å². The summed E-state index contributed by atoms with van der Waals surface area (Å²) in [6.45, 7) is 4.04. The van der Waals surface area contributed by atoms with E-state index in [0.717, 1.165) is 5.56 Å². The molecule has 0 saturated heterocycles. The fraction of sp³-hybridized carbons (Fsp3) is 0.278. The zero-order valence-corrected chi connectivity index (χ0v) is 14.7. The third-order valence-corrected chi connectivity index (χ3v) is 4.57. The van der Waals surface area contributed by atoms with E-state index in [2.05, 4.69) is 4.74 Å². The van der Waals surface area contributed by atoms with Gasteiger partial charge in [0.2, 0.25) is 0 Å². The molecule has 5 nitrogen and oxygen atoms in total. The summed E-state index contributed by atoms with van der Waals surface area (Å²) >= 11 is 0. The van der Waals surface area contributed by atoms with Crippen LogP contribution in [-0.4, -0.2) is 21.5 Å². The van der Waals surface area contributed by atoms with Crippen molar-refractivity contribution in [3.05, 3.63) is 65.2 Å². The second kappa shape index (κ2) is 7.49. The zero-order valence-electron chi connectivity index (χ0n) is 13.9. The molecule has 0 aromatic heterocycles. The van der Waals surface area contributed by atoms with Crippen LogP contribution in [0.2, 0.25) is 0 Å². The van der Waals surface area contributed by atoms with E-state index in [1.807, 2.05) is 19.9 Å². The van der Waals surface area contributed by atoms with Crippen LogP contribution in [0.4, 0.5) is 0 Å². The van der Waals surface area contributed by atoms with Crippen molar-refractivity contribution in [2.24, 2.45) is 0 Å². The summed E-state index contributed by atoms with van der Waals surface area (Å²) in [6.07, 6.45) is 0. The molecule has 0 fully saturated rings. The number of ether oxygens (including phenoxy) is 1. The molecule has 0 unspecified atom stereocenters. The van der Waals surface area contributed by atoms with Gasteiger partial charge in [0.1, 0.15) is 11.5 Å². The number of methoxy groups -OCH3 is 1. The predicted molar refractivity (Wildman–Crippen MR) is 91.6 cm³/mol.